The number of benzene rings is 2. The van der Waals surface area contributed by atoms with Crippen LogP contribution in [0.15, 0.2) is 61.2 Å². The van der Waals surface area contributed by atoms with E-state index >= 15 is 0 Å². The van der Waals surface area contributed by atoms with Gasteiger partial charge >= 0.3 is 0 Å². The van der Waals surface area contributed by atoms with Gasteiger partial charge in [-0.2, -0.15) is 0 Å². The summed E-state index contributed by atoms with van der Waals surface area (Å²) in [6, 6.07) is 12.0. The first-order valence-electron chi connectivity index (χ1n) is 7.95. The minimum absolute atomic E-state index is 0.145. The van der Waals surface area contributed by atoms with Gasteiger partial charge in [0, 0.05) is 24.5 Å². The van der Waals surface area contributed by atoms with Gasteiger partial charge in [0.1, 0.15) is 0 Å². The minimum atomic E-state index is -3.45. The monoisotopic (exact) mass is 404 g/mol. The molecule has 0 unspecified atom stereocenters. The summed E-state index contributed by atoms with van der Waals surface area (Å²) >= 11 is 6.07. The topological polar surface area (TPSA) is 93.1 Å². The molecule has 0 radical (unpaired) electrons. The number of aromatic nitrogens is 2. The lowest BCUT2D eigenvalue weighted by Gasteiger charge is -2.12. The summed E-state index contributed by atoms with van der Waals surface area (Å²) in [5.41, 5.74) is 2.40. The zero-order valence-electron chi connectivity index (χ0n) is 14.4. The SMILES string of the molecule is CS(=O)(=O)Nc1ccc(C(=O)NCc2ccccc2-n2ccnc2)cc1Cl. The maximum absolute atomic E-state index is 12.4. The maximum Gasteiger partial charge on any atom is 0.251 e. The first kappa shape index (κ1) is 18.9. The fourth-order valence-electron chi connectivity index (χ4n) is 2.53. The number of anilines is 1. The lowest BCUT2D eigenvalue weighted by atomic mass is 10.1. The van der Waals surface area contributed by atoms with Gasteiger partial charge < -0.3 is 9.88 Å². The van der Waals surface area contributed by atoms with Gasteiger partial charge in [-0.1, -0.05) is 29.8 Å². The molecule has 0 aliphatic rings. The molecule has 0 atom stereocenters. The third kappa shape index (κ3) is 4.87. The van der Waals surface area contributed by atoms with Gasteiger partial charge in [0.25, 0.3) is 5.91 Å². The van der Waals surface area contributed by atoms with Gasteiger partial charge in [-0.25, -0.2) is 13.4 Å². The van der Waals surface area contributed by atoms with Crippen molar-refractivity contribution in [3.8, 4) is 5.69 Å². The zero-order valence-corrected chi connectivity index (χ0v) is 16.0. The van der Waals surface area contributed by atoms with E-state index in [2.05, 4.69) is 15.0 Å². The Morgan fingerprint density at radius 2 is 2.00 bits per heavy atom. The summed E-state index contributed by atoms with van der Waals surface area (Å²) in [6.07, 6.45) is 6.23. The molecule has 0 aliphatic carbocycles. The van der Waals surface area contributed by atoms with Crippen LogP contribution in [0.3, 0.4) is 0 Å². The molecule has 3 aromatic rings. The highest BCUT2D eigenvalue weighted by Crippen LogP contribution is 2.24. The van der Waals surface area contributed by atoms with Crippen molar-refractivity contribution in [3.05, 3.63) is 77.3 Å². The predicted molar refractivity (Wildman–Crippen MR) is 105 cm³/mol. The van der Waals surface area contributed by atoms with E-state index in [-0.39, 0.29) is 16.6 Å². The molecule has 2 aromatic carbocycles. The van der Waals surface area contributed by atoms with Gasteiger partial charge in [-0.15, -0.1) is 0 Å². The van der Waals surface area contributed by atoms with E-state index in [9.17, 15) is 13.2 Å². The van der Waals surface area contributed by atoms with Gasteiger partial charge in [0.05, 0.1) is 29.0 Å². The first-order valence-corrected chi connectivity index (χ1v) is 10.2. The van der Waals surface area contributed by atoms with Crippen molar-refractivity contribution in [2.45, 2.75) is 6.54 Å². The van der Waals surface area contributed by atoms with Crippen LogP contribution in [0.1, 0.15) is 15.9 Å². The Kier molecular flexibility index (Phi) is 5.48. The van der Waals surface area contributed by atoms with Crippen LogP contribution in [0.5, 0.6) is 0 Å². The Morgan fingerprint density at radius 3 is 2.67 bits per heavy atom. The van der Waals surface area contributed by atoms with Crippen LogP contribution in [0.2, 0.25) is 5.02 Å². The molecule has 1 aromatic heterocycles. The number of para-hydroxylation sites is 1. The van der Waals surface area contributed by atoms with Crippen LogP contribution in [-0.2, 0) is 16.6 Å². The van der Waals surface area contributed by atoms with Crippen LogP contribution < -0.4 is 10.0 Å². The molecule has 7 nitrogen and oxygen atoms in total. The van der Waals surface area contributed by atoms with Crippen molar-refractivity contribution in [2.75, 3.05) is 11.0 Å². The number of imidazole rings is 1. The molecule has 0 aliphatic heterocycles. The number of halogens is 1. The van der Waals surface area contributed by atoms with E-state index in [1.54, 1.807) is 12.5 Å². The second-order valence-electron chi connectivity index (χ2n) is 5.85. The molecule has 0 bridgehead atoms. The highest BCUT2D eigenvalue weighted by Gasteiger charge is 2.12. The summed E-state index contributed by atoms with van der Waals surface area (Å²) in [6.45, 7) is 0.314. The normalized spacial score (nSPS) is 11.2. The first-order chi connectivity index (χ1) is 12.8. The molecule has 0 fully saturated rings. The average molecular weight is 405 g/mol. The third-order valence-corrected chi connectivity index (χ3v) is 4.64. The predicted octanol–water partition coefficient (Wildman–Crippen LogP) is 2.83. The van der Waals surface area contributed by atoms with Crippen LogP contribution in [0, 0.1) is 0 Å². The molecule has 140 valence electrons. The second kappa shape index (κ2) is 7.81. The highest BCUT2D eigenvalue weighted by molar-refractivity contribution is 7.92. The summed E-state index contributed by atoms with van der Waals surface area (Å²) < 4.78 is 26.8. The fourth-order valence-corrected chi connectivity index (χ4v) is 3.39. The number of nitrogens with zero attached hydrogens (tertiary/aromatic N) is 2. The van der Waals surface area contributed by atoms with Crippen LogP contribution in [-0.4, -0.2) is 30.1 Å². The van der Waals surface area contributed by atoms with Crippen molar-refractivity contribution in [1.82, 2.24) is 14.9 Å². The van der Waals surface area contributed by atoms with Crippen molar-refractivity contribution in [2.24, 2.45) is 0 Å². The molecule has 9 heteroatoms. The number of hydrogen-bond acceptors (Lipinski definition) is 4. The minimum Gasteiger partial charge on any atom is -0.348 e. The smallest absolute Gasteiger partial charge is 0.251 e. The second-order valence-corrected chi connectivity index (χ2v) is 8.01. The molecule has 1 amide bonds. The number of rotatable bonds is 6. The number of hydrogen-bond donors (Lipinski definition) is 2. The molecule has 1 heterocycles. The number of nitrogens with one attached hydrogen (secondary N) is 2. The average Bonchev–Trinajstić information content (AvgIpc) is 3.15. The van der Waals surface area contributed by atoms with Crippen LogP contribution in [0.4, 0.5) is 5.69 Å². The molecule has 3 rings (SSSR count). The zero-order chi connectivity index (χ0) is 19.4. The van der Waals surface area contributed by atoms with Crippen molar-refractivity contribution in [3.63, 3.8) is 0 Å². The van der Waals surface area contributed by atoms with E-state index in [4.69, 9.17) is 11.6 Å². The standard InChI is InChI=1S/C18H17ClN4O3S/c1-27(25,26)22-16-7-6-13(10-15(16)19)18(24)21-11-14-4-2-3-5-17(14)23-9-8-20-12-23/h2-10,12,22H,11H2,1H3,(H,21,24). The Bertz CT molecular complexity index is 1070. The number of carbonyl (C=O) groups excluding carboxylic acids is 1. The van der Waals surface area contributed by atoms with E-state index < -0.39 is 10.0 Å². The third-order valence-electron chi connectivity index (χ3n) is 3.74. The summed E-state index contributed by atoms with van der Waals surface area (Å²) in [5.74, 6) is -0.316. The van der Waals surface area contributed by atoms with Crippen LogP contribution >= 0.6 is 11.6 Å². The van der Waals surface area contributed by atoms with Gasteiger partial charge in [-0.05, 0) is 29.8 Å². The van der Waals surface area contributed by atoms with Crippen molar-refractivity contribution in [1.29, 1.82) is 0 Å². The van der Waals surface area contributed by atoms with E-state index in [0.29, 0.717) is 12.1 Å². The molecule has 0 saturated heterocycles. The van der Waals surface area contributed by atoms with Crippen molar-refractivity contribution >= 4 is 33.2 Å². The largest absolute Gasteiger partial charge is 0.348 e. The van der Waals surface area contributed by atoms with Crippen LogP contribution in [0.25, 0.3) is 5.69 Å². The molecule has 0 saturated carbocycles. The molecule has 2 N–H and O–H groups in total. The Hall–Kier alpha value is -2.84. The quantitative estimate of drug-likeness (QED) is 0.660. The van der Waals surface area contributed by atoms with E-state index in [1.807, 2.05) is 35.0 Å². The number of carbonyl (C=O) groups is 1. The van der Waals surface area contributed by atoms with Crippen molar-refractivity contribution < 1.29 is 13.2 Å². The molecular weight excluding hydrogens is 388 g/mol. The highest BCUT2D eigenvalue weighted by atomic mass is 35.5. The maximum atomic E-state index is 12.4. The molecule has 27 heavy (non-hydrogen) atoms. The van der Waals surface area contributed by atoms with Gasteiger partial charge in [0.15, 0.2) is 0 Å². The Balaban J connectivity index is 1.73. The summed E-state index contributed by atoms with van der Waals surface area (Å²) in [4.78, 5) is 16.5. The van der Waals surface area contributed by atoms with Gasteiger partial charge in [0.2, 0.25) is 10.0 Å². The fraction of sp³-hybridized carbons (Fsp3) is 0.111. The number of sulfonamides is 1. The molecule has 0 spiro atoms. The molecular formula is C18H17ClN4O3S. The number of amides is 1. The lowest BCUT2D eigenvalue weighted by Crippen LogP contribution is -2.23. The lowest BCUT2D eigenvalue weighted by molar-refractivity contribution is 0.0951. The Labute approximate surface area is 162 Å². The summed E-state index contributed by atoms with van der Waals surface area (Å²) in [5, 5.41) is 2.99. The summed E-state index contributed by atoms with van der Waals surface area (Å²) in [7, 11) is -3.45. The van der Waals surface area contributed by atoms with E-state index in [1.165, 1.54) is 18.2 Å². The van der Waals surface area contributed by atoms with Gasteiger partial charge in [-0.3, -0.25) is 9.52 Å². The van der Waals surface area contributed by atoms with E-state index in [0.717, 1.165) is 17.5 Å². The Morgan fingerprint density at radius 1 is 1.22 bits per heavy atom.